The lowest BCUT2D eigenvalue weighted by Crippen LogP contribution is -2.25. The normalized spacial score (nSPS) is 18.4. The second-order valence-electron chi connectivity index (χ2n) is 4.56. The van der Waals surface area contributed by atoms with Crippen molar-refractivity contribution in [3.63, 3.8) is 0 Å². The van der Waals surface area contributed by atoms with Crippen LogP contribution in [0.3, 0.4) is 0 Å². The number of carboxylic acids is 1. The van der Waals surface area contributed by atoms with E-state index in [-0.39, 0.29) is 48.3 Å². The Labute approximate surface area is 113 Å². The number of carboxylic acid groups (broad SMARTS) is 1. The van der Waals surface area contributed by atoms with Gasteiger partial charge in [0, 0.05) is 37.6 Å². The number of aliphatic hydroxyl groups is 1. The average molecular weight is 280 g/mol. The molecule has 8 heteroatoms. The zero-order valence-corrected chi connectivity index (χ0v) is 10.4. The summed E-state index contributed by atoms with van der Waals surface area (Å²) >= 11 is 0. The van der Waals surface area contributed by atoms with Gasteiger partial charge in [-0.05, 0) is 6.07 Å². The molecule has 0 aromatic heterocycles. The number of nitro benzene ring substituents is 1. The number of non-ortho nitro benzene ring substituents is 1. The highest BCUT2D eigenvalue weighted by atomic mass is 16.6. The van der Waals surface area contributed by atoms with Gasteiger partial charge in [0.1, 0.15) is 0 Å². The maximum atomic E-state index is 11.8. The second-order valence-corrected chi connectivity index (χ2v) is 4.56. The summed E-state index contributed by atoms with van der Waals surface area (Å²) in [7, 11) is 0. The summed E-state index contributed by atoms with van der Waals surface area (Å²) in [5.74, 6) is -1.84. The van der Waals surface area contributed by atoms with E-state index in [0.29, 0.717) is 0 Å². The Bertz CT molecular complexity index is 553. The van der Waals surface area contributed by atoms with Crippen LogP contribution in [0, 0.1) is 16.0 Å². The molecular weight excluding hydrogens is 268 g/mol. The molecule has 8 nitrogen and oxygen atoms in total. The summed E-state index contributed by atoms with van der Waals surface area (Å²) in [6.45, 7) is 0.0541. The summed E-state index contributed by atoms with van der Waals surface area (Å²) in [5, 5.41) is 28.8. The van der Waals surface area contributed by atoms with Gasteiger partial charge in [0.25, 0.3) is 5.69 Å². The van der Waals surface area contributed by atoms with Crippen molar-refractivity contribution in [2.75, 3.05) is 18.1 Å². The number of aliphatic hydroxyl groups excluding tert-OH is 1. The molecule has 1 aliphatic rings. The molecule has 1 aromatic rings. The number of aromatic carboxylic acids is 1. The maximum Gasteiger partial charge on any atom is 0.336 e. The SMILES string of the molecule is O=C(O)c1cc(N2CC(CO)CC2=O)cc([N+](=O)[O-])c1. The highest BCUT2D eigenvalue weighted by molar-refractivity contribution is 5.98. The fraction of sp³-hybridized carbons (Fsp3) is 0.333. The first-order valence-corrected chi connectivity index (χ1v) is 5.86. The van der Waals surface area contributed by atoms with Crippen LogP contribution in [-0.4, -0.2) is 40.2 Å². The zero-order chi connectivity index (χ0) is 14.9. The summed E-state index contributed by atoms with van der Waals surface area (Å²) in [6.07, 6.45) is 0.140. The van der Waals surface area contributed by atoms with Crippen LogP contribution in [0.25, 0.3) is 0 Å². The molecule has 1 fully saturated rings. The standard InChI is InChI=1S/C12H12N2O6/c15-6-7-1-11(16)13(5-7)9-2-8(12(17)18)3-10(4-9)14(19)20/h2-4,7,15H,1,5-6H2,(H,17,18). The zero-order valence-electron chi connectivity index (χ0n) is 10.4. The number of hydrogen-bond acceptors (Lipinski definition) is 5. The number of anilines is 1. The highest BCUT2D eigenvalue weighted by Crippen LogP contribution is 2.29. The third-order valence-electron chi connectivity index (χ3n) is 3.14. The van der Waals surface area contributed by atoms with Gasteiger partial charge in [0.05, 0.1) is 16.2 Å². The van der Waals surface area contributed by atoms with Crippen molar-refractivity contribution in [2.24, 2.45) is 5.92 Å². The van der Waals surface area contributed by atoms with E-state index in [1.54, 1.807) is 0 Å². The Morgan fingerprint density at radius 3 is 2.65 bits per heavy atom. The van der Waals surface area contributed by atoms with E-state index in [9.17, 15) is 19.7 Å². The monoisotopic (exact) mass is 280 g/mol. The first kappa shape index (κ1) is 13.9. The minimum Gasteiger partial charge on any atom is -0.478 e. The van der Waals surface area contributed by atoms with Crippen LogP contribution in [0.1, 0.15) is 16.8 Å². The average Bonchev–Trinajstić information content (AvgIpc) is 2.79. The molecule has 0 radical (unpaired) electrons. The summed E-state index contributed by atoms with van der Waals surface area (Å²) in [5.41, 5.74) is -0.479. The van der Waals surface area contributed by atoms with Gasteiger partial charge in [-0.1, -0.05) is 0 Å². The molecule has 1 atom stereocenters. The Hall–Kier alpha value is -2.48. The number of benzene rings is 1. The quantitative estimate of drug-likeness (QED) is 0.616. The lowest BCUT2D eigenvalue weighted by atomic mass is 10.1. The topological polar surface area (TPSA) is 121 Å². The number of amides is 1. The van der Waals surface area contributed by atoms with Gasteiger partial charge in [-0.2, -0.15) is 0 Å². The van der Waals surface area contributed by atoms with E-state index in [1.165, 1.54) is 11.0 Å². The fourth-order valence-corrected chi connectivity index (χ4v) is 2.13. The van der Waals surface area contributed by atoms with Crippen LogP contribution in [0.15, 0.2) is 18.2 Å². The van der Waals surface area contributed by atoms with Crippen molar-refractivity contribution in [1.29, 1.82) is 0 Å². The first-order valence-electron chi connectivity index (χ1n) is 5.86. The highest BCUT2D eigenvalue weighted by Gasteiger charge is 2.31. The Morgan fingerprint density at radius 2 is 2.15 bits per heavy atom. The first-order chi connectivity index (χ1) is 9.42. The minimum atomic E-state index is -1.31. The molecule has 1 amide bonds. The van der Waals surface area contributed by atoms with Crippen LogP contribution in [-0.2, 0) is 4.79 Å². The number of nitrogens with zero attached hydrogens (tertiary/aromatic N) is 2. The van der Waals surface area contributed by atoms with Gasteiger partial charge in [-0.3, -0.25) is 14.9 Å². The predicted molar refractivity (Wildman–Crippen MR) is 67.6 cm³/mol. The van der Waals surface area contributed by atoms with Crippen LogP contribution in [0.5, 0.6) is 0 Å². The number of rotatable bonds is 4. The van der Waals surface area contributed by atoms with Crippen LogP contribution >= 0.6 is 0 Å². The Balaban J connectivity index is 2.43. The number of nitro groups is 1. The summed E-state index contributed by atoms with van der Waals surface area (Å²) in [4.78, 5) is 34.2. The molecule has 1 unspecified atom stereocenters. The van der Waals surface area contributed by atoms with Crippen molar-refractivity contribution < 1.29 is 24.7 Å². The molecule has 1 aliphatic heterocycles. The molecule has 1 saturated heterocycles. The molecular formula is C12H12N2O6. The molecule has 2 rings (SSSR count). The minimum absolute atomic E-state index is 0.140. The summed E-state index contributed by atoms with van der Waals surface area (Å²) in [6, 6.07) is 3.31. The molecule has 1 aromatic carbocycles. The third kappa shape index (κ3) is 2.59. The smallest absolute Gasteiger partial charge is 0.336 e. The van der Waals surface area contributed by atoms with Gasteiger partial charge in [0.2, 0.25) is 5.91 Å². The van der Waals surface area contributed by atoms with Gasteiger partial charge in [0.15, 0.2) is 0 Å². The van der Waals surface area contributed by atoms with Crippen molar-refractivity contribution in [3.05, 3.63) is 33.9 Å². The molecule has 0 spiro atoms. The Kier molecular flexibility index (Phi) is 3.66. The molecule has 2 N–H and O–H groups in total. The fourth-order valence-electron chi connectivity index (χ4n) is 2.13. The van der Waals surface area contributed by atoms with E-state index in [0.717, 1.165) is 12.1 Å². The van der Waals surface area contributed by atoms with E-state index < -0.39 is 10.9 Å². The van der Waals surface area contributed by atoms with Gasteiger partial charge in [-0.15, -0.1) is 0 Å². The van der Waals surface area contributed by atoms with Crippen molar-refractivity contribution >= 4 is 23.3 Å². The second kappa shape index (κ2) is 5.25. The van der Waals surface area contributed by atoms with Gasteiger partial charge >= 0.3 is 5.97 Å². The Morgan fingerprint density at radius 1 is 1.45 bits per heavy atom. The lowest BCUT2D eigenvalue weighted by Gasteiger charge is -2.16. The largest absolute Gasteiger partial charge is 0.478 e. The van der Waals surface area contributed by atoms with Gasteiger partial charge in [-0.25, -0.2) is 4.79 Å². The number of carbonyl (C=O) groups is 2. The van der Waals surface area contributed by atoms with Gasteiger partial charge < -0.3 is 15.1 Å². The van der Waals surface area contributed by atoms with Crippen molar-refractivity contribution in [1.82, 2.24) is 0 Å². The third-order valence-corrected chi connectivity index (χ3v) is 3.14. The molecule has 20 heavy (non-hydrogen) atoms. The van der Waals surface area contributed by atoms with Crippen molar-refractivity contribution in [3.8, 4) is 0 Å². The van der Waals surface area contributed by atoms with Crippen LogP contribution in [0.2, 0.25) is 0 Å². The maximum absolute atomic E-state index is 11.8. The van der Waals surface area contributed by atoms with E-state index in [4.69, 9.17) is 10.2 Å². The molecule has 0 aliphatic carbocycles. The van der Waals surface area contributed by atoms with Crippen molar-refractivity contribution in [2.45, 2.75) is 6.42 Å². The predicted octanol–water partition coefficient (Wildman–Crippen LogP) is 0.638. The molecule has 106 valence electrons. The van der Waals surface area contributed by atoms with Crippen LogP contribution < -0.4 is 4.90 Å². The number of hydrogen-bond donors (Lipinski definition) is 2. The molecule has 1 heterocycles. The molecule has 0 saturated carbocycles. The van der Waals surface area contributed by atoms with E-state index in [2.05, 4.69) is 0 Å². The summed E-state index contributed by atoms with van der Waals surface area (Å²) < 4.78 is 0. The number of carbonyl (C=O) groups excluding carboxylic acids is 1. The van der Waals surface area contributed by atoms with E-state index >= 15 is 0 Å². The van der Waals surface area contributed by atoms with E-state index in [1.807, 2.05) is 0 Å². The molecule has 0 bridgehead atoms. The van der Waals surface area contributed by atoms with Crippen LogP contribution in [0.4, 0.5) is 11.4 Å². The lowest BCUT2D eigenvalue weighted by molar-refractivity contribution is -0.384.